The van der Waals surface area contributed by atoms with Crippen LogP contribution in [0.2, 0.25) is 0 Å². The van der Waals surface area contributed by atoms with Crippen molar-refractivity contribution in [2.45, 2.75) is 51.5 Å². The van der Waals surface area contributed by atoms with Gasteiger partial charge in [0, 0.05) is 31.2 Å². The Bertz CT molecular complexity index is 644. The number of nitrogens with zero attached hydrogens (tertiary/aromatic N) is 2. The lowest BCUT2D eigenvalue weighted by Crippen LogP contribution is -2.44. The lowest BCUT2D eigenvalue weighted by molar-refractivity contribution is -0.135. The summed E-state index contributed by atoms with van der Waals surface area (Å²) in [6.45, 7) is 3.14. The molecule has 6 nitrogen and oxygen atoms in total. The Balaban J connectivity index is 0.00000182. The second kappa shape index (κ2) is 10.8. The Labute approximate surface area is 173 Å². The molecule has 1 aromatic heterocycles. The molecule has 2 fully saturated rings. The standard InChI is InChI=1S/C19H28N4O2.2ClH/c1-13-5-2-9-17(21-13)22-19(25)15-7-4-10-23(12-15)18(24)11-14-6-3-8-16(14)20;;/h2,5,9,14-16H,3-4,6-8,10-12,20H2,1H3,(H,21,22,25);2*1H/t14-,15?,16+;;/m0../s1. The average molecular weight is 417 g/mol. The summed E-state index contributed by atoms with van der Waals surface area (Å²) in [5, 5.41) is 2.88. The van der Waals surface area contributed by atoms with Gasteiger partial charge in [0.2, 0.25) is 11.8 Å². The molecule has 2 amide bonds. The van der Waals surface area contributed by atoms with E-state index in [0.717, 1.165) is 44.3 Å². The number of halogens is 2. The van der Waals surface area contributed by atoms with Crippen LogP contribution in [0.3, 0.4) is 0 Å². The second-order valence-corrected chi connectivity index (χ2v) is 7.39. The molecular formula is C19H30Cl2N4O2. The van der Waals surface area contributed by atoms with Crippen molar-refractivity contribution in [3.05, 3.63) is 23.9 Å². The predicted octanol–water partition coefficient (Wildman–Crippen LogP) is 2.93. The molecule has 27 heavy (non-hydrogen) atoms. The average Bonchev–Trinajstić information content (AvgIpc) is 3.00. The van der Waals surface area contributed by atoms with Gasteiger partial charge in [0.05, 0.1) is 5.92 Å². The van der Waals surface area contributed by atoms with Crippen LogP contribution in [0, 0.1) is 18.8 Å². The molecule has 2 aliphatic rings. The molecule has 1 saturated carbocycles. The maximum Gasteiger partial charge on any atom is 0.230 e. The van der Waals surface area contributed by atoms with E-state index in [1.165, 1.54) is 0 Å². The smallest absolute Gasteiger partial charge is 0.230 e. The number of pyridine rings is 1. The third-order valence-corrected chi connectivity index (χ3v) is 5.44. The van der Waals surface area contributed by atoms with Crippen molar-refractivity contribution in [2.75, 3.05) is 18.4 Å². The SMILES string of the molecule is Cc1cccc(NC(=O)C2CCCN(C(=O)C[C@@H]3CCC[C@H]3N)C2)n1.Cl.Cl. The Kier molecular flexibility index (Phi) is 9.50. The van der Waals surface area contributed by atoms with Crippen LogP contribution in [0.4, 0.5) is 5.82 Å². The number of hydrogen-bond donors (Lipinski definition) is 2. The fourth-order valence-corrected chi connectivity index (χ4v) is 3.93. The molecule has 1 aliphatic heterocycles. The Morgan fingerprint density at radius 3 is 2.67 bits per heavy atom. The number of carbonyl (C=O) groups is 2. The van der Waals surface area contributed by atoms with Crippen LogP contribution in [0.1, 0.15) is 44.2 Å². The van der Waals surface area contributed by atoms with Crippen molar-refractivity contribution >= 4 is 42.4 Å². The summed E-state index contributed by atoms with van der Waals surface area (Å²) in [6, 6.07) is 5.71. The summed E-state index contributed by atoms with van der Waals surface area (Å²) in [6.07, 6.45) is 5.38. The summed E-state index contributed by atoms with van der Waals surface area (Å²) < 4.78 is 0. The fourth-order valence-electron chi connectivity index (χ4n) is 3.93. The van der Waals surface area contributed by atoms with Gasteiger partial charge in [-0.1, -0.05) is 12.5 Å². The molecule has 8 heteroatoms. The molecule has 0 spiro atoms. The van der Waals surface area contributed by atoms with Gasteiger partial charge >= 0.3 is 0 Å². The molecule has 0 aromatic carbocycles. The third-order valence-electron chi connectivity index (χ3n) is 5.44. The number of aryl methyl sites for hydroxylation is 1. The molecule has 152 valence electrons. The minimum absolute atomic E-state index is 0. The van der Waals surface area contributed by atoms with Gasteiger partial charge in [0.25, 0.3) is 0 Å². The number of anilines is 1. The molecule has 0 radical (unpaired) electrons. The van der Waals surface area contributed by atoms with E-state index < -0.39 is 0 Å². The summed E-state index contributed by atoms with van der Waals surface area (Å²) in [4.78, 5) is 31.3. The van der Waals surface area contributed by atoms with Crippen LogP contribution in [0.15, 0.2) is 18.2 Å². The minimum Gasteiger partial charge on any atom is -0.342 e. The topological polar surface area (TPSA) is 88.3 Å². The first-order valence-corrected chi connectivity index (χ1v) is 9.31. The van der Waals surface area contributed by atoms with Crippen LogP contribution in [0.25, 0.3) is 0 Å². The van der Waals surface area contributed by atoms with Gasteiger partial charge in [-0.3, -0.25) is 9.59 Å². The summed E-state index contributed by atoms with van der Waals surface area (Å²) >= 11 is 0. The van der Waals surface area contributed by atoms with Crippen molar-refractivity contribution < 1.29 is 9.59 Å². The molecular weight excluding hydrogens is 387 g/mol. The maximum absolute atomic E-state index is 12.6. The van der Waals surface area contributed by atoms with Crippen LogP contribution >= 0.6 is 24.8 Å². The minimum atomic E-state index is -0.169. The van der Waals surface area contributed by atoms with Crippen LogP contribution in [-0.2, 0) is 9.59 Å². The number of nitrogens with one attached hydrogen (secondary N) is 1. The molecule has 1 saturated heterocycles. The molecule has 2 heterocycles. The highest BCUT2D eigenvalue weighted by atomic mass is 35.5. The zero-order valence-electron chi connectivity index (χ0n) is 15.7. The molecule has 3 rings (SSSR count). The highest BCUT2D eigenvalue weighted by Crippen LogP contribution is 2.28. The van der Waals surface area contributed by atoms with Gasteiger partial charge in [-0.25, -0.2) is 4.98 Å². The molecule has 1 aromatic rings. The van der Waals surface area contributed by atoms with E-state index in [4.69, 9.17) is 5.73 Å². The van der Waals surface area contributed by atoms with Crippen LogP contribution < -0.4 is 11.1 Å². The monoisotopic (exact) mass is 416 g/mol. The zero-order chi connectivity index (χ0) is 17.8. The molecule has 1 unspecified atom stereocenters. The molecule has 1 aliphatic carbocycles. The number of rotatable bonds is 4. The van der Waals surface area contributed by atoms with Crippen molar-refractivity contribution in [3.63, 3.8) is 0 Å². The first kappa shape index (κ1) is 23.7. The number of likely N-dealkylation sites (tertiary alicyclic amines) is 1. The first-order valence-electron chi connectivity index (χ1n) is 9.31. The van der Waals surface area contributed by atoms with E-state index in [1.54, 1.807) is 6.07 Å². The lowest BCUT2D eigenvalue weighted by atomic mass is 9.94. The maximum atomic E-state index is 12.6. The largest absolute Gasteiger partial charge is 0.342 e. The number of aromatic nitrogens is 1. The fraction of sp³-hybridized carbons (Fsp3) is 0.632. The quantitative estimate of drug-likeness (QED) is 0.789. The van der Waals surface area contributed by atoms with E-state index in [0.29, 0.717) is 24.7 Å². The number of carbonyl (C=O) groups excluding carboxylic acids is 2. The molecule has 0 bridgehead atoms. The summed E-state index contributed by atoms with van der Waals surface area (Å²) in [7, 11) is 0. The number of hydrogen-bond acceptors (Lipinski definition) is 4. The Hall–Kier alpha value is -1.37. The highest BCUT2D eigenvalue weighted by Gasteiger charge is 2.32. The van der Waals surface area contributed by atoms with Crippen molar-refractivity contribution in [1.29, 1.82) is 0 Å². The zero-order valence-corrected chi connectivity index (χ0v) is 17.4. The highest BCUT2D eigenvalue weighted by molar-refractivity contribution is 5.92. The second-order valence-electron chi connectivity index (χ2n) is 7.39. The van der Waals surface area contributed by atoms with Crippen molar-refractivity contribution in [3.8, 4) is 0 Å². The predicted molar refractivity (Wildman–Crippen MR) is 111 cm³/mol. The van der Waals surface area contributed by atoms with Gasteiger partial charge in [-0.2, -0.15) is 0 Å². The molecule has 3 atom stereocenters. The van der Waals surface area contributed by atoms with Gasteiger partial charge in [-0.05, 0) is 50.7 Å². The summed E-state index contributed by atoms with van der Waals surface area (Å²) in [5.74, 6) is 0.808. The van der Waals surface area contributed by atoms with Crippen molar-refractivity contribution in [2.24, 2.45) is 17.6 Å². The van der Waals surface area contributed by atoms with Crippen molar-refractivity contribution in [1.82, 2.24) is 9.88 Å². The number of nitrogens with two attached hydrogens (primary N) is 1. The first-order chi connectivity index (χ1) is 12.0. The van der Waals surface area contributed by atoms with Gasteiger partial charge in [0.15, 0.2) is 0 Å². The number of amides is 2. The van der Waals surface area contributed by atoms with Gasteiger partial charge in [-0.15, -0.1) is 24.8 Å². The van der Waals surface area contributed by atoms with E-state index in [1.807, 2.05) is 24.0 Å². The normalized spacial score (nSPS) is 24.5. The lowest BCUT2D eigenvalue weighted by Gasteiger charge is -2.33. The number of piperidine rings is 1. The Morgan fingerprint density at radius 1 is 1.22 bits per heavy atom. The third kappa shape index (κ3) is 6.33. The molecule has 3 N–H and O–H groups in total. The van der Waals surface area contributed by atoms with Crippen LogP contribution in [0.5, 0.6) is 0 Å². The summed E-state index contributed by atoms with van der Waals surface area (Å²) in [5.41, 5.74) is 6.96. The van der Waals surface area contributed by atoms with E-state index in [9.17, 15) is 9.59 Å². The van der Waals surface area contributed by atoms with E-state index in [-0.39, 0.29) is 48.6 Å². The van der Waals surface area contributed by atoms with E-state index >= 15 is 0 Å². The van der Waals surface area contributed by atoms with Gasteiger partial charge < -0.3 is 16.0 Å². The van der Waals surface area contributed by atoms with E-state index in [2.05, 4.69) is 10.3 Å². The Morgan fingerprint density at radius 2 is 2.00 bits per heavy atom. The van der Waals surface area contributed by atoms with Gasteiger partial charge in [0.1, 0.15) is 5.82 Å². The van der Waals surface area contributed by atoms with Crippen LogP contribution in [-0.4, -0.2) is 40.8 Å².